The first-order chi connectivity index (χ1) is 8.16. The Morgan fingerprint density at radius 1 is 1.18 bits per heavy atom. The van der Waals surface area contributed by atoms with Gasteiger partial charge in [-0.1, -0.05) is 59.6 Å². The number of benzene rings is 1. The summed E-state index contributed by atoms with van der Waals surface area (Å²) in [6, 6.07) is 8.48. The molecule has 1 aromatic carbocycles. The van der Waals surface area contributed by atoms with E-state index in [-0.39, 0.29) is 0 Å². The molecule has 1 aliphatic rings. The van der Waals surface area contributed by atoms with E-state index in [2.05, 4.69) is 60.1 Å². The Morgan fingerprint density at radius 2 is 1.82 bits per heavy atom. The fraction of sp³-hybridized carbons (Fsp3) is 0.500. The maximum Gasteiger partial charge on any atom is 0.0247 e. The van der Waals surface area contributed by atoms with Crippen LogP contribution in [-0.4, -0.2) is 0 Å². The molecule has 0 N–H and O–H groups in total. The molecule has 0 atom stereocenters. The first-order valence-electron chi connectivity index (χ1n) is 6.61. The zero-order valence-electron chi connectivity index (χ0n) is 10.7. The molecule has 0 radical (unpaired) electrons. The predicted molar refractivity (Wildman–Crippen MR) is 78.9 cm³/mol. The average molecular weight is 293 g/mol. The fourth-order valence-electron chi connectivity index (χ4n) is 2.63. The van der Waals surface area contributed by atoms with Gasteiger partial charge in [-0.2, -0.15) is 0 Å². The molecule has 0 unspecified atom stereocenters. The quantitative estimate of drug-likeness (QED) is 0.658. The zero-order valence-corrected chi connectivity index (χ0v) is 12.3. The van der Waals surface area contributed by atoms with Crippen molar-refractivity contribution in [3.63, 3.8) is 0 Å². The van der Waals surface area contributed by atoms with E-state index in [1.807, 2.05) is 0 Å². The van der Waals surface area contributed by atoms with Crippen LogP contribution in [0.1, 0.15) is 45.1 Å². The van der Waals surface area contributed by atoms with Crippen LogP contribution in [0.4, 0.5) is 0 Å². The highest BCUT2D eigenvalue weighted by Gasteiger charge is 2.19. The Kier molecular flexibility index (Phi) is 4.44. The van der Waals surface area contributed by atoms with Crippen LogP contribution in [0.5, 0.6) is 0 Å². The van der Waals surface area contributed by atoms with Crippen LogP contribution in [-0.2, 0) is 0 Å². The lowest BCUT2D eigenvalue weighted by molar-refractivity contribution is 0.312. The SMILES string of the molecule is CC(C)C1CCC(=Cc2ccccc2Br)CC1. The van der Waals surface area contributed by atoms with Crippen LogP contribution in [0, 0.1) is 11.8 Å². The lowest BCUT2D eigenvalue weighted by Gasteiger charge is -2.27. The van der Waals surface area contributed by atoms with Gasteiger partial charge in [0.25, 0.3) is 0 Å². The number of allylic oxidation sites excluding steroid dienone is 1. The average Bonchev–Trinajstić information content (AvgIpc) is 2.33. The van der Waals surface area contributed by atoms with Crippen molar-refractivity contribution in [3.8, 4) is 0 Å². The van der Waals surface area contributed by atoms with Gasteiger partial charge < -0.3 is 0 Å². The molecule has 0 amide bonds. The number of hydrogen-bond donors (Lipinski definition) is 0. The van der Waals surface area contributed by atoms with Crippen molar-refractivity contribution in [1.29, 1.82) is 0 Å². The lowest BCUT2D eigenvalue weighted by atomic mass is 9.79. The summed E-state index contributed by atoms with van der Waals surface area (Å²) in [4.78, 5) is 0. The van der Waals surface area contributed by atoms with Crippen molar-refractivity contribution in [1.82, 2.24) is 0 Å². The topological polar surface area (TPSA) is 0 Å². The molecule has 17 heavy (non-hydrogen) atoms. The minimum absolute atomic E-state index is 0.847. The van der Waals surface area contributed by atoms with Crippen LogP contribution in [0.3, 0.4) is 0 Å². The molecular weight excluding hydrogens is 272 g/mol. The minimum Gasteiger partial charge on any atom is -0.0696 e. The standard InChI is InChI=1S/C16H21Br/c1-12(2)14-9-7-13(8-10-14)11-15-5-3-4-6-16(15)17/h3-6,11-12,14H,7-10H2,1-2H3. The molecule has 92 valence electrons. The normalized spacial score (nSPS) is 20.7. The maximum atomic E-state index is 3.61. The smallest absolute Gasteiger partial charge is 0.0247 e. The Bertz CT molecular complexity index is 394. The molecule has 1 saturated carbocycles. The molecule has 0 saturated heterocycles. The molecule has 1 aliphatic carbocycles. The molecule has 1 fully saturated rings. The van der Waals surface area contributed by atoms with Crippen LogP contribution in [0.15, 0.2) is 34.3 Å². The molecule has 0 spiro atoms. The third kappa shape index (κ3) is 3.45. The third-order valence-corrected chi connectivity index (χ3v) is 4.60. The first-order valence-corrected chi connectivity index (χ1v) is 7.40. The number of hydrogen-bond acceptors (Lipinski definition) is 0. The van der Waals surface area contributed by atoms with E-state index in [0.29, 0.717) is 0 Å². The van der Waals surface area contributed by atoms with Gasteiger partial charge in [-0.3, -0.25) is 0 Å². The maximum absolute atomic E-state index is 3.61. The first kappa shape index (κ1) is 12.9. The molecule has 1 aromatic rings. The van der Waals surface area contributed by atoms with Gasteiger partial charge in [0.05, 0.1) is 0 Å². The summed E-state index contributed by atoms with van der Waals surface area (Å²) in [5, 5.41) is 0. The van der Waals surface area contributed by atoms with Crippen molar-refractivity contribution in [2.75, 3.05) is 0 Å². The predicted octanol–water partition coefficient (Wildman–Crippen LogP) is 5.68. The van der Waals surface area contributed by atoms with E-state index in [1.54, 1.807) is 5.57 Å². The third-order valence-electron chi connectivity index (χ3n) is 3.88. The summed E-state index contributed by atoms with van der Waals surface area (Å²) in [5.41, 5.74) is 2.94. The molecule has 2 rings (SSSR count). The summed E-state index contributed by atoms with van der Waals surface area (Å²) in [5.74, 6) is 1.78. The summed E-state index contributed by atoms with van der Waals surface area (Å²) in [6.45, 7) is 4.71. The van der Waals surface area contributed by atoms with Gasteiger partial charge in [0.15, 0.2) is 0 Å². The number of rotatable bonds is 2. The van der Waals surface area contributed by atoms with Gasteiger partial charge in [-0.15, -0.1) is 0 Å². The van der Waals surface area contributed by atoms with E-state index in [4.69, 9.17) is 0 Å². The van der Waals surface area contributed by atoms with Gasteiger partial charge >= 0.3 is 0 Å². The molecule has 0 aliphatic heterocycles. The summed E-state index contributed by atoms with van der Waals surface area (Å²) >= 11 is 3.61. The van der Waals surface area contributed by atoms with Gasteiger partial charge in [0.1, 0.15) is 0 Å². The summed E-state index contributed by atoms with van der Waals surface area (Å²) in [6.07, 6.45) is 7.68. The van der Waals surface area contributed by atoms with E-state index in [1.165, 1.54) is 35.7 Å². The Hall–Kier alpha value is -0.560. The van der Waals surface area contributed by atoms with Crippen molar-refractivity contribution in [2.24, 2.45) is 11.8 Å². The van der Waals surface area contributed by atoms with Crippen LogP contribution >= 0.6 is 15.9 Å². The van der Waals surface area contributed by atoms with E-state index < -0.39 is 0 Å². The highest BCUT2D eigenvalue weighted by molar-refractivity contribution is 9.10. The van der Waals surface area contributed by atoms with Crippen LogP contribution in [0.25, 0.3) is 6.08 Å². The highest BCUT2D eigenvalue weighted by Crippen LogP contribution is 2.34. The highest BCUT2D eigenvalue weighted by atomic mass is 79.9. The van der Waals surface area contributed by atoms with Crippen molar-refractivity contribution >= 4 is 22.0 Å². The second-order valence-electron chi connectivity index (χ2n) is 5.41. The van der Waals surface area contributed by atoms with Gasteiger partial charge in [0, 0.05) is 4.47 Å². The van der Waals surface area contributed by atoms with Crippen molar-refractivity contribution in [2.45, 2.75) is 39.5 Å². The molecule has 0 bridgehead atoms. The van der Waals surface area contributed by atoms with Crippen molar-refractivity contribution < 1.29 is 0 Å². The minimum atomic E-state index is 0.847. The molecular formula is C16H21Br. The molecule has 0 heterocycles. The molecule has 0 aromatic heterocycles. The van der Waals surface area contributed by atoms with Gasteiger partial charge in [-0.05, 0) is 49.1 Å². The monoisotopic (exact) mass is 292 g/mol. The lowest BCUT2D eigenvalue weighted by Crippen LogP contribution is -2.13. The Morgan fingerprint density at radius 3 is 2.41 bits per heavy atom. The van der Waals surface area contributed by atoms with Crippen LogP contribution in [0.2, 0.25) is 0 Å². The van der Waals surface area contributed by atoms with E-state index in [0.717, 1.165) is 11.8 Å². The van der Waals surface area contributed by atoms with E-state index in [9.17, 15) is 0 Å². The molecule has 1 heteroatoms. The second kappa shape index (κ2) is 5.86. The zero-order chi connectivity index (χ0) is 12.3. The van der Waals surface area contributed by atoms with Crippen molar-refractivity contribution in [3.05, 3.63) is 39.9 Å². The van der Waals surface area contributed by atoms with Crippen LogP contribution < -0.4 is 0 Å². The summed E-state index contributed by atoms with van der Waals surface area (Å²) in [7, 11) is 0. The molecule has 0 nitrogen and oxygen atoms in total. The Balaban J connectivity index is 2.04. The van der Waals surface area contributed by atoms with E-state index >= 15 is 0 Å². The summed E-state index contributed by atoms with van der Waals surface area (Å²) < 4.78 is 1.21. The fourth-order valence-corrected chi connectivity index (χ4v) is 3.03. The van der Waals surface area contributed by atoms with Gasteiger partial charge in [-0.25, -0.2) is 0 Å². The number of halogens is 1. The Labute approximate surface area is 113 Å². The van der Waals surface area contributed by atoms with Gasteiger partial charge in [0.2, 0.25) is 0 Å². The second-order valence-corrected chi connectivity index (χ2v) is 6.26. The largest absolute Gasteiger partial charge is 0.0696 e.